The summed E-state index contributed by atoms with van der Waals surface area (Å²) in [6.45, 7) is 14.7. The highest BCUT2D eigenvalue weighted by atomic mass is 32.1. The molecular weight excluding hydrogens is 408 g/mol. The summed E-state index contributed by atoms with van der Waals surface area (Å²) in [6, 6.07) is 2.26. The Morgan fingerprint density at radius 2 is 1.90 bits per heavy atom. The highest BCUT2D eigenvalue weighted by Crippen LogP contribution is 2.23. The molecule has 2 saturated heterocycles. The number of piperazine rings is 1. The Morgan fingerprint density at radius 3 is 2.65 bits per heavy atom. The van der Waals surface area contributed by atoms with E-state index < -0.39 is 0 Å². The van der Waals surface area contributed by atoms with Crippen LogP contribution in [0.1, 0.15) is 37.1 Å². The van der Waals surface area contributed by atoms with Crippen LogP contribution in [0.3, 0.4) is 0 Å². The number of aliphatic imine (C=N–C) groups is 1. The van der Waals surface area contributed by atoms with Gasteiger partial charge in [0.1, 0.15) is 0 Å². The summed E-state index contributed by atoms with van der Waals surface area (Å²) in [5.41, 5.74) is 1.50. The van der Waals surface area contributed by atoms with Gasteiger partial charge < -0.3 is 15.1 Å². The molecule has 4 heterocycles. The highest BCUT2D eigenvalue weighted by Gasteiger charge is 2.30. The minimum Gasteiger partial charge on any atom is -0.357 e. The van der Waals surface area contributed by atoms with Crippen molar-refractivity contribution in [1.29, 1.82) is 0 Å². The van der Waals surface area contributed by atoms with Crippen molar-refractivity contribution < 1.29 is 4.79 Å². The highest BCUT2D eigenvalue weighted by molar-refractivity contribution is 7.10. The number of nitrogens with one attached hydrogen (secondary N) is 1. The lowest BCUT2D eigenvalue weighted by Gasteiger charge is -2.39. The molecule has 1 aromatic rings. The number of nitrogens with zero attached hydrogens (tertiary/aromatic N) is 5. The molecule has 0 radical (unpaired) electrons. The molecule has 3 aliphatic rings. The molecule has 1 amide bonds. The van der Waals surface area contributed by atoms with E-state index in [-0.39, 0.29) is 6.04 Å². The summed E-state index contributed by atoms with van der Waals surface area (Å²) in [5, 5.41) is 5.70. The Bertz CT molecular complexity index is 751. The van der Waals surface area contributed by atoms with E-state index in [0.717, 1.165) is 90.8 Å². The first-order chi connectivity index (χ1) is 15.2. The summed E-state index contributed by atoms with van der Waals surface area (Å²) in [7, 11) is 0. The molecule has 0 saturated carbocycles. The molecule has 1 unspecified atom stereocenters. The lowest BCUT2D eigenvalue weighted by molar-refractivity contribution is -0.135. The summed E-state index contributed by atoms with van der Waals surface area (Å²) >= 11 is 1.89. The molecule has 0 aromatic carbocycles. The first-order valence-electron chi connectivity index (χ1n) is 12.0. The normalized spacial score (nSPS) is 21.9. The molecular formula is C23H38N6OS. The van der Waals surface area contributed by atoms with Crippen LogP contribution < -0.4 is 5.32 Å². The molecule has 3 aliphatic heterocycles. The van der Waals surface area contributed by atoms with Crippen molar-refractivity contribution in [3.05, 3.63) is 21.9 Å². The van der Waals surface area contributed by atoms with Crippen LogP contribution in [0.15, 0.2) is 16.4 Å². The molecule has 8 heteroatoms. The second-order valence-corrected chi connectivity index (χ2v) is 9.86. The third kappa shape index (κ3) is 5.59. The number of thiophene rings is 1. The van der Waals surface area contributed by atoms with E-state index >= 15 is 0 Å². The van der Waals surface area contributed by atoms with Crippen LogP contribution in [-0.2, 0) is 17.8 Å². The maximum Gasteiger partial charge on any atom is 0.239 e. The zero-order valence-electron chi connectivity index (χ0n) is 19.2. The van der Waals surface area contributed by atoms with Crippen molar-refractivity contribution in [3.8, 4) is 0 Å². The summed E-state index contributed by atoms with van der Waals surface area (Å²) in [6.07, 6.45) is 3.48. The van der Waals surface area contributed by atoms with E-state index in [1.165, 1.54) is 12.0 Å². The van der Waals surface area contributed by atoms with Crippen molar-refractivity contribution in [2.75, 3.05) is 65.4 Å². The minimum absolute atomic E-state index is 0.0131. The fraction of sp³-hybridized carbons (Fsp3) is 0.739. The van der Waals surface area contributed by atoms with Crippen LogP contribution >= 0.6 is 11.3 Å². The smallest absolute Gasteiger partial charge is 0.239 e. The molecule has 4 rings (SSSR count). The second kappa shape index (κ2) is 10.8. The molecule has 172 valence electrons. The predicted molar refractivity (Wildman–Crippen MR) is 128 cm³/mol. The van der Waals surface area contributed by atoms with Crippen LogP contribution in [0, 0.1) is 0 Å². The molecule has 31 heavy (non-hydrogen) atoms. The van der Waals surface area contributed by atoms with Gasteiger partial charge in [-0.1, -0.05) is 0 Å². The third-order valence-electron chi connectivity index (χ3n) is 6.84. The van der Waals surface area contributed by atoms with Crippen LogP contribution in [-0.4, -0.2) is 103 Å². The van der Waals surface area contributed by atoms with Gasteiger partial charge in [0.05, 0.1) is 12.6 Å². The van der Waals surface area contributed by atoms with Gasteiger partial charge in [0, 0.05) is 70.3 Å². The molecule has 0 aliphatic carbocycles. The number of guanidine groups is 1. The number of carbonyl (C=O) groups is 1. The molecule has 1 N–H and O–H groups in total. The average Bonchev–Trinajstić information content (AvgIpc) is 3.49. The second-order valence-electron chi connectivity index (χ2n) is 8.86. The van der Waals surface area contributed by atoms with Gasteiger partial charge in [0.15, 0.2) is 5.96 Å². The number of amides is 1. The summed E-state index contributed by atoms with van der Waals surface area (Å²) in [4.78, 5) is 28.5. The Hall–Kier alpha value is -1.64. The van der Waals surface area contributed by atoms with Crippen LogP contribution in [0.4, 0.5) is 0 Å². The van der Waals surface area contributed by atoms with Gasteiger partial charge in [0.25, 0.3) is 0 Å². The molecule has 0 spiro atoms. The van der Waals surface area contributed by atoms with E-state index in [9.17, 15) is 4.79 Å². The number of carbonyl (C=O) groups excluding carboxylic acids is 1. The van der Waals surface area contributed by atoms with Crippen molar-refractivity contribution >= 4 is 23.2 Å². The van der Waals surface area contributed by atoms with E-state index in [1.54, 1.807) is 4.88 Å². The summed E-state index contributed by atoms with van der Waals surface area (Å²) in [5.74, 6) is 1.33. The SMILES string of the molecule is CCNC(=NCCN1CCc2sccc2C1)N1CCN(C(C)C(=O)N2CCCC2)CC1. The van der Waals surface area contributed by atoms with Gasteiger partial charge in [-0.15, -0.1) is 11.3 Å². The summed E-state index contributed by atoms with van der Waals surface area (Å²) < 4.78 is 0. The van der Waals surface area contributed by atoms with E-state index in [1.807, 2.05) is 16.2 Å². The monoisotopic (exact) mass is 446 g/mol. The van der Waals surface area contributed by atoms with E-state index in [4.69, 9.17) is 4.99 Å². The number of hydrogen-bond donors (Lipinski definition) is 1. The largest absolute Gasteiger partial charge is 0.357 e. The standard InChI is InChI=1S/C23H38N6OS/c1-3-24-23(25-8-12-26-11-6-21-20(18-26)7-17-31-21)29-15-13-27(14-16-29)19(2)22(30)28-9-4-5-10-28/h7,17,19H,3-6,8-16,18H2,1-2H3,(H,24,25). The maximum atomic E-state index is 12.7. The Morgan fingerprint density at radius 1 is 1.13 bits per heavy atom. The number of likely N-dealkylation sites (tertiary alicyclic amines) is 1. The average molecular weight is 447 g/mol. The molecule has 2 fully saturated rings. The molecule has 0 bridgehead atoms. The molecule has 1 atom stereocenters. The zero-order chi connectivity index (χ0) is 21.6. The number of rotatable bonds is 6. The van der Waals surface area contributed by atoms with Gasteiger partial charge in [-0.2, -0.15) is 0 Å². The van der Waals surface area contributed by atoms with Crippen molar-refractivity contribution in [2.24, 2.45) is 4.99 Å². The van der Waals surface area contributed by atoms with Crippen LogP contribution in [0.5, 0.6) is 0 Å². The van der Waals surface area contributed by atoms with Gasteiger partial charge in [-0.25, -0.2) is 0 Å². The van der Waals surface area contributed by atoms with Crippen molar-refractivity contribution in [2.45, 2.75) is 45.7 Å². The first kappa shape index (κ1) is 22.6. The Labute approximate surface area is 191 Å². The third-order valence-corrected chi connectivity index (χ3v) is 7.86. The first-order valence-corrected chi connectivity index (χ1v) is 12.9. The van der Waals surface area contributed by atoms with Gasteiger partial charge >= 0.3 is 0 Å². The molecule has 7 nitrogen and oxygen atoms in total. The number of hydrogen-bond acceptors (Lipinski definition) is 5. The maximum absolute atomic E-state index is 12.7. The number of fused-ring (bicyclic) bond motifs is 1. The zero-order valence-corrected chi connectivity index (χ0v) is 20.0. The van der Waals surface area contributed by atoms with Crippen LogP contribution in [0.25, 0.3) is 0 Å². The molecule has 1 aromatic heterocycles. The van der Waals surface area contributed by atoms with Crippen molar-refractivity contribution in [1.82, 2.24) is 24.9 Å². The Kier molecular flexibility index (Phi) is 7.85. The topological polar surface area (TPSA) is 54.4 Å². The van der Waals surface area contributed by atoms with E-state index in [0.29, 0.717) is 5.91 Å². The fourth-order valence-corrected chi connectivity index (χ4v) is 5.79. The fourth-order valence-electron chi connectivity index (χ4n) is 4.90. The lowest BCUT2D eigenvalue weighted by atomic mass is 10.1. The lowest BCUT2D eigenvalue weighted by Crippen LogP contribution is -2.57. The quantitative estimate of drug-likeness (QED) is 0.533. The minimum atomic E-state index is -0.0131. The van der Waals surface area contributed by atoms with Crippen molar-refractivity contribution in [3.63, 3.8) is 0 Å². The Balaban J connectivity index is 1.25. The predicted octanol–water partition coefficient (Wildman–Crippen LogP) is 1.70. The van der Waals surface area contributed by atoms with Crippen LogP contribution in [0.2, 0.25) is 0 Å². The van der Waals surface area contributed by atoms with Gasteiger partial charge in [0.2, 0.25) is 5.91 Å². The van der Waals surface area contributed by atoms with Gasteiger partial charge in [-0.3, -0.25) is 19.6 Å². The van der Waals surface area contributed by atoms with E-state index in [2.05, 4.69) is 45.3 Å². The van der Waals surface area contributed by atoms with Gasteiger partial charge in [-0.05, 0) is 50.1 Å².